The topological polar surface area (TPSA) is 53.7 Å². The molecule has 23 heavy (non-hydrogen) atoms. The van der Waals surface area contributed by atoms with Crippen molar-refractivity contribution < 1.29 is 14.2 Å². The molecule has 0 radical (unpaired) electrons. The smallest absolute Gasteiger partial charge is 0.167 e. The van der Waals surface area contributed by atoms with Crippen LogP contribution in [-0.2, 0) is 18.4 Å². The van der Waals surface area contributed by atoms with Crippen LogP contribution in [-0.4, -0.2) is 20.3 Å². The summed E-state index contributed by atoms with van der Waals surface area (Å²) in [6, 6.07) is 0. The molecule has 2 heterocycles. The first-order valence-electron chi connectivity index (χ1n) is 9.05. The van der Waals surface area contributed by atoms with Gasteiger partial charge in [-0.05, 0) is 38.5 Å². The van der Waals surface area contributed by atoms with E-state index in [1.807, 2.05) is 0 Å². The zero-order valence-electron chi connectivity index (χ0n) is 14.1. The summed E-state index contributed by atoms with van der Waals surface area (Å²) >= 11 is 0. The Balaban J connectivity index is 1.96. The van der Waals surface area contributed by atoms with Gasteiger partial charge in [-0.15, -0.1) is 0 Å². The molecule has 2 aliphatic heterocycles. The maximum atomic E-state index is 6.94. The first-order chi connectivity index (χ1) is 11.2. The standard InChI is InChI=1S/C19H27NO3/c1-21-17-14-8-6-11-22-16(14)15(13-7-5-12-23-18(13)17)19(20)9-3-2-4-10-19/h2-12,20H2,1H3. The number of ether oxygens (including phenoxy) is 3. The number of benzene rings is 1. The zero-order valence-corrected chi connectivity index (χ0v) is 14.1. The summed E-state index contributed by atoms with van der Waals surface area (Å²) in [6.45, 7) is 1.54. The normalized spacial score (nSPS) is 22.3. The quantitative estimate of drug-likeness (QED) is 0.907. The molecular formula is C19H27NO3. The Morgan fingerprint density at radius 3 is 2.22 bits per heavy atom. The number of hydrogen-bond donors (Lipinski definition) is 1. The molecule has 1 aromatic rings. The molecule has 0 saturated heterocycles. The number of methoxy groups -OCH3 is 1. The Morgan fingerprint density at radius 2 is 1.52 bits per heavy atom. The molecule has 4 nitrogen and oxygen atoms in total. The van der Waals surface area contributed by atoms with Gasteiger partial charge in [-0.25, -0.2) is 0 Å². The third-order valence-corrected chi connectivity index (χ3v) is 5.64. The van der Waals surface area contributed by atoms with Crippen LogP contribution in [0.3, 0.4) is 0 Å². The Bertz CT molecular complexity index is 568. The van der Waals surface area contributed by atoms with Gasteiger partial charge in [0.05, 0.1) is 20.3 Å². The van der Waals surface area contributed by atoms with Gasteiger partial charge in [-0.1, -0.05) is 19.3 Å². The van der Waals surface area contributed by atoms with Crippen molar-refractivity contribution in [1.82, 2.24) is 0 Å². The van der Waals surface area contributed by atoms with Gasteiger partial charge in [0.15, 0.2) is 11.5 Å². The molecule has 0 bridgehead atoms. The highest BCUT2D eigenvalue weighted by atomic mass is 16.5. The fraction of sp³-hybridized carbons (Fsp3) is 0.684. The van der Waals surface area contributed by atoms with E-state index in [9.17, 15) is 0 Å². The summed E-state index contributed by atoms with van der Waals surface area (Å²) in [5.41, 5.74) is 10.3. The Kier molecular flexibility index (Phi) is 3.88. The van der Waals surface area contributed by atoms with Crippen LogP contribution in [0.1, 0.15) is 61.6 Å². The third kappa shape index (κ3) is 2.38. The van der Waals surface area contributed by atoms with E-state index in [-0.39, 0.29) is 5.54 Å². The average Bonchev–Trinajstić information content (AvgIpc) is 2.60. The van der Waals surface area contributed by atoms with Gasteiger partial charge in [-0.3, -0.25) is 0 Å². The van der Waals surface area contributed by atoms with Crippen LogP contribution in [0, 0.1) is 0 Å². The lowest BCUT2D eigenvalue weighted by molar-refractivity contribution is 0.230. The van der Waals surface area contributed by atoms with Crippen molar-refractivity contribution in [3.8, 4) is 17.2 Å². The van der Waals surface area contributed by atoms with E-state index in [1.165, 1.54) is 36.0 Å². The minimum atomic E-state index is -0.267. The maximum absolute atomic E-state index is 6.94. The lowest BCUT2D eigenvalue weighted by Crippen LogP contribution is -2.41. The van der Waals surface area contributed by atoms with Crippen LogP contribution in [0.2, 0.25) is 0 Å². The molecule has 1 aliphatic carbocycles. The maximum Gasteiger partial charge on any atom is 0.167 e. The molecule has 4 rings (SSSR count). The van der Waals surface area contributed by atoms with Crippen LogP contribution in [0.4, 0.5) is 0 Å². The second-order valence-corrected chi connectivity index (χ2v) is 7.14. The molecule has 0 amide bonds. The summed E-state index contributed by atoms with van der Waals surface area (Å²) in [5.74, 6) is 2.84. The van der Waals surface area contributed by atoms with E-state index in [0.29, 0.717) is 0 Å². The fourth-order valence-corrected chi connectivity index (χ4v) is 4.58. The van der Waals surface area contributed by atoms with E-state index in [0.717, 1.165) is 69.0 Å². The van der Waals surface area contributed by atoms with Crippen molar-refractivity contribution in [3.63, 3.8) is 0 Å². The summed E-state index contributed by atoms with van der Waals surface area (Å²) in [5, 5.41) is 0. The molecule has 0 spiro atoms. The van der Waals surface area contributed by atoms with Crippen molar-refractivity contribution in [3.05, 3.63) is 16.7 Å². The number of rotatable bonds is 2. The molecule has 2 N–H and O–H groups in total. The van der Waals surface area contributed by atoms with Gasteiger partial charge in [-0.2, -0.15) is 0 Å². The predicted molar refractivity (Wildman–Crippen MR) is 89.6 cm³/mol. The lowest BCUT2D eigenvalue weighted by Gasteiger charge is -2.40. The predicted octanol–water partition coefficient (Wildman–Crippen LogP) is 3.46. The molecule has 0 aromatic heterocycles. The minimum absolute atomic E-state index is 0.267. The first kappa shape index (κ1) is 15.1. The monoisotopic (exact) mass is 317 g/mol. The minimum Gasteiger partial charge on any atom is -0.493 e. The van der Waals surface area contributed by atoms with E-state index >= 15 is 0 Å². The summed E-state index contributed by atoms with van der Waals surface area (Å²) in [6.07, 6.45) is 9.84. The fourth-order valence-electron chi connectivity index (χ4n) is 4.58. The zero-order chi connectivity index (χ0) is 15.9. The molecule has 0 unspecified atom stereocenters. The second-order valence-electron chi connectivity index (χ2n) is 7.14. The van der Waals surface area contributed by atoms with Crippen molar-refractivity contribution in [2.24, 2.45) is 5.73 Å². The Labute approximate surface area is 138 Å². The summed E-state index contributed by atoms with van der Waals surface area (Å²) in [7, 11) is 1.74. The Morgan fingerprint density at radius 1 is 0.870 bits per heavy atom. The molecule has 1 aromatic carbocycles. The highest BCUT2D eigenvalue weighted by molar-refractivity contribution is 5.66. The lowest BCUT2D eigenvalue weighted by atomic mass is 9.73. The van der Waals surface area contributed by atoms with Crippen molar-refractivity contribution >= 4 is 0 Å². The van der Waals surface area contributed by atoms with E-state index in [2.05, 4.69) is 0 Å². The first-order valence-corrected chi connectivity index (χ1v) is 9.05. The molecule has 126 valence electrons. The van der Waals surface area contributed by atoms with Crippen LogP contribution in [0.25, 0.3) is 0 Å². The summed E-state index contributed by atoms with van der Waals surface area (Å²) < 4.78 is 18.0. The molecule has 4 heteroatoms. The molecule has 1 saturated carbocycles. The van der Waals surface area contributed by atoms with Crippen molar-refractivity contribution in [2.45, 2.75) is 63.3 Å². The van der Waals surface area contributed by atoms with Crippen LogP contribution < -0.4 is 19.9 Å². The molecular weight excluding hydrogens is 290 g/mol. The molecule has 3 aliphatic rings. The van der Waals surface area contributed by atoms with Crippen LogP contribution in [0.15, 0.2) is 0 Å². The van der Waals surface area contributed by atoms with Crippen LogP contribution in [0.5, 0.6) is 17.2 Å². The largest absolute Gasteiger partial charge is 0.493 e. The van der Waals surface area contributed by atoms with Gasteiger partial charge in [0.2, 0.25) is 0 Å². The number of hydrogen-bond acceptors (Lipinski definition) is 4. The van der Waals surface area contributed by atoms with E-state index in [1.54, 1.807) is 7.11 Å². The third-order valence-electron chi connectivity index (χ3n) is 5.64. The molecule has 0 atom stereocenters. The van der Waals surface area contributed by atoms with Gasteiger partial charge >= 0.3 is 0 Å². The van der Waals surface area contributed by atoms with Gasteiger partial charge in [0, 0.05) is 22.2 Å². The van der Waals surface area contributed by atoms with Gasteiger partial charge in [0.25, 0.3) is 0 Å². The highest BCUT2D eigenvalue weighted by Crippen LogP contribution is 2.53. The van der Waals surface area contributed by atoms with Crippen molar-refractivity contribution in [2.75, 3.05) is 20.3 Å². The van der Waals surface area contributed by atoms with Gasteiger partial charge in [0.1, 0.15) is 5.75 Å². The second kappa shape index (κ2) is 5.90. The number of fused-ring (bicyclic) bond motifs is 2. The number of nitrogens with two attached hydrogens (primary N) is 1. The highest BCUT2D eigenvalue weighted by Gasteiger charge is 2.40. The van der Waals surface area contributed by atoms with Crippen molar-refractivity contribution in [1.29, 1.82) is 0 Å². The van der Waals surface area contributed by atoms with Crippen LogP contribution >= 0.6 is 0 Å². The summed E-state index contributed by atoms with van der Waals surface area (Å²) in [4.78, 5) is 0. The van der Waals surface area contributed by atoms with E-state index in [4.69, 9.17) is 19.9 Å². The average molecular weight is 317 g/mol. The van der Waals surface area contributed by atoms with Gasteiger partial charge < -0.3 is 19.9 Å². The SMILES string of the molecule is COc1c2c(c(C3(N)CCCCC3)c3c1OCCC3)OCCC2. The molecule has 1 fully saturated rings. The Hall–Kier alpha value is -1.42. The van der Waals surface area contributed by atoms with E-state index < -0.39 is 0 Å².